The molecule has 0 spiro atoms. The van der Waals surface area contributed by atoms with Gasteiger partial charge in [0.15, 0.2) is 0 Å². The van der Waals surface area contributed by atoms with Gasteiger partial charge in [0.2, 0.25) is 5.91 Å². The number of aliphatic hydroxyl groups is 1. The van der Waals surface area contributed by atoms with E-state index >= 15 is 0 Å². The summed E-state index contributed by atoms with van der Waals surface area (Å²) in [5, 5.41) is 13.1. The number of β-amino-alcohol motifs (C(OH)–C–C–N with tert-alkyl or cyclic N) is 1. The topological polar surface area (TPSA) is 58.4 Å². The third-order valence-electron chi connectivity index (χ3n) is 2.47. The summed E-state index contributed by atoms with van der Waals surface area (Å²) < 4.78 is 15.2. The fraction of sp³-hybridized carbons (Fsp3) is 0.556. The molecule has 1 aliphatic rings. The van der Waals surface area contributed by atoms with Crippen LogP contribution < -0.4 is 0 Å². The van der Waals surface area contributed by atoms with E-state index in [9.17, 15) is 14.3 Å². The van der Waals surface area contributed by atoms with E-state index in [0.717, 1.165) is 4.47 Å². The smallest absolute Gasteiger partial charge is 0.244 e. The minimum absolute atomic E-state index is 0.0392. The molecule has 1 aromatic heterocycles. The number of alkyl halides is 1. The Labute approximate surface area is 100.0 Å². The number of hydrogen-bond acceptors (Lipinski definition) is 3. The van der Waals surface area contributed by atoms with Gasteiger partial charge in [0, 0.05) is 12.7 Å². The molecule has 1 N–H and O–H groups in total. The van der Waals surface area contributed by atoms with E-state index in [0.29, 0.717) is 0 Å². The molecule has 0 unspecified atom stereocenters. The standard InChI is InChI=1S/C9H11BrFN3O2/c10-6-1-12-14(2-6)5-9(16)13-3-7(11)8(15)4-13/h1-2,7-8,15H,3-5H2/t7-,8-/m1/s1. The minimum atomic E-state index is -1.34. The molecule has 1 saturated heterocycles. The van der Waals surface area contributed by atoms with E-state index in [-0.39, 0.29) is 25.5 Å². The number of likely N-dealkylation sites (tertiary alicyclic amines) is 1. The van der Waals surface area contributed by atoms with Gasteiger partial charge in [0.05, 0.1) is 17.2 Å². The number of rotatable bonds is 2. The Hall–Kier alpha value is -0.950. The van der Waals surface area contributed by atoms with Crippen molar-refractivity contribution in [2.75, 3.05) is 13.1 Å². The highest BCUT2D eigenvalue weighted by atomic mass is 79.9. The number of halogens is 2. The fourth-order valence-electron chi connectivity index (χ4n) is 1.61. The van der Waals surface area contributed by atoms with Crippen molar-refractivity contribution in [2.45, 2.75) is 18.8 Å². The van der Waals surface area contributed by atoms with Crippen LogP contribution in [0.4, 0.5) is 4.39 Å². The Morgan fingerprint density at radius 1 is 1.69 bits per heavy atom. The van der Waals surface area contributed by atoms with Gasteiger partial charge in [-0.3, -0.25) is 9.48 Å². The lowest BCUT2D eigenvalue weighted by atomic mass is 10.3. The molecule has 1 aliphatic heterocycles. The average molecular weight is 292 g/mol. The highest BCUT2D eigenvalue weighted by Gasteiger charge is 2.33. The van der Waals surface area contributed by atoms with Gasteiger partial charge in [-0.25, -0.2) is 4.39 Å². The van der Waals surface area contributed by atoms with Crippen LogP contribution >= 0.6 is 15.9 Å². The summed E-state index contributed by atoms with van der Waals surface area (Å²) in [6, 6.07) is 0. The van der Waals surface area contributed by atoms with E-state index in [1.165, 1.54) is 9.58 Å². The Morgan fingerprint density at radius 3 is 2.94 bits per heavy atom. The summed E-state index contributed by atoms with van der Waals surface area (Å²) in [7, 11) is 0. The third kappa shape index (κ3) is 2.41. The van der Waals surface area contributed by atoms with E-state index in [1.807, 2.05) is 0 Å². The third-order valence-corrected chi connectivity index (χ3v) is 2.88. The van der Waals surface area contributed by atoms with Crippen LogP contribution in [0.1, 0.15) is 0 Å². The van der Waals surface area contributed by atoms with Crippen LogP contribution in [-0.4, -0.2) is 51.1 Å². The first-order valence-electron chi connectivity index (χ1n) is 4.84. The monoisotopic (exact) mass is 291 g/mol. The lowest BCUT2D eigenvalue weighted by Crippen LogP contribution is -2.32. The van der Waals surface area contributed by atoms with Gasteiger partial charge < -0.3 is 10.0 Å². The molecule has 5 nitrogen and oxygen atoms in total. The first kappa shape index (κ1) is 11.5. The summed E-state index contributed by atoms with van der Waals surface area (Å²) in [4.78, 5) is 13.0. The second-order valence-corrected chi connectivity index (χ2v) is 4.65. The van der Waals surface area contributed by atoms with Gasteiger partial charge in [-0.05, 0) is 15.9 Å². The second-order valence-electron chi connectivity index (χ2n) is 3.74. The molecule has 7 heteroatoms. The maximum atomic E-state index is 13.0. The fourth-order valence-corrected chi connectivity index (χ4v) is 1.94. The summed E-state index contributed by atoms with van der Waals surface area (Å²) in [5.74, 6) is -0.241. The summed E-state index contributed by atoms with van der Waals surface area (Å²) in [6.07, 6.45) is 0.836. The SMILES string of the molecule is O=C(Cn1cc(Br)cn1)N1C[C@@H](O)[C@H](F)C1. The van der Waals surface area contributed by atoms with Crippen molar-refractivity contribution < 1.29 is 14.3 Å². The number of aromatic nitrogens is 2. The molecule has 1 fully saturated rings. The van der Waals surface area contributed by atoms with Crippen molar-refractivity contribution in [3.05, 3.63) is 16.9 Å². The predicted molar refractivity (Wildman–Crippen MR) is 57.4 cm³/mol. The van der Waals surface area contributed by atoms with E-state index in [4.69, 9.17) is 0 Å². The second kappa shape index (κ2) is 4.50. The van der Waals surface area contributed by atoms with Crippen LogP contribution in [0.5, 0.6) is 0 Å². The largest absolute Gasteiger partial charge is 0.388 e. The molecule has 2 rings (SSSR count). The van der Waals surface area contributed by atoms with E-state index in [1.54, 1.807) is 12.4 Å². The first-order valence-corrected chi connectivity index (χ1v) is 5.63. The van der Waals surface area contributed by atoms with Crippen molar-refractivity contribution in [1.29, 1.82) is 0 Å². The molecule has 0 saturated carbocycles. The first-order chi connectivity index (χ1) is 7.56. The summed E-state index contributed by atoms with van der Waals surface area (Å²) in [5.41, 5.74) is 0. The number of nitrogens with zero attached hydrogens (tertiary/aromatic N) is 3. The van der Waals surface area contributed by atoms with Crippen LogP contribution in [0.15, 0.2) is 16.9 Å². The maximum absolute atomic E-state index is 13.0. The Bertz CT molecular complexity index is 388. The van der Waals surface area contributed by atoms with Crippen molar-refractivity contribution in [1.82, 2.24) is 14.7 Å². The molecule has 0 bridgehead atoms. The molecule has 0 aromatic carbocycles. The van der Waals surface area contributed by atoms with Crippen molar-refractivity contribution in [3.8, 4) is 0 Å². The Morgan fingerprint density at radius 2 is 2.44 bits per heavy atom. The minimum Gasteiger partial charge on any atom is -0.388 e. The highest BCUT2D eigenvalue weighted by molar-refractivity contribution is 9.10. The van der Waals surface area contributed by atoms with Crippen molar-refractivity contribution >= 4 is 21.8 Å². The average Bonchev–Trinajstić information content (AvgIpc) is 2.75. The predicted octanol–water partition coefficient (Wildman–Crippen LogP) is 0.187. The van der Waals surface area contributed by atoms with Gasteiger partial charge in [-0.2, -0.15) is 5.10 Å². The van der Waals surface area contributed by atoms with E-state index < -0.39 is 12.3 Å². The van der Waals surface area contributed by atoms with E-state index in [2.05, 4.69) is 21.0 Å². The normalized spacial score (nSPS) is 25.1. The molecule has 88 valence electrons. The molecule has 0 aliphatic carbocycles. The number of hydrogen-bond donors (Lipinski definition) is 1. The lowest BCUT2D eigenvalue weighted by molar-refractivity contribution is -0.131. The maximum Gasteiger partial charge on any atom is 0.244 e. The molecular weight excluding hydrogens is 281 g/mol. The van der Waals surface area contributed by atoms with Gasteiger partial charge in [0.25, 0.3) is 0 Å². The zero-order chi connectivity index (χ0) is 11.7. The van der Waals surface area contributed by atoms with Gasteiger partial charge in [-0.15, -0.1) is 0 Å². The van der Waals surface area contributed by atoms with Crippen molar-refractivity contribution in [2.24, 2.45) is 0 Å². The van der Waals surface area contributed by atoms with Gasteiger partial charge in [-0.1, -0.05) is 0 Å². The quantitative estimate of drug-likeness (QED) is 0.846. The molecule has 2 heterocycles. The summed E-state index contributed by atoms with van der Waals surface area (Å²) >= 11 is 3.22. The van der Waals surface area contributed by atoms with Crippen LogP contribution in [-0.2, 0) is 11.3 Å². The van der Waals surface area contributed by atoms with Gasteiger partial charge in [0.1, 0.15) is 18.8 Å². The van der Waals surface area contributed by atoms with Gasteiger partial charge >= 0.3 is 0 Å². The molecular formula is C9H11BrFN3O2. The van der Waals surface area contributed by atoms with Crippen LogP contribution in [0.2, 0.25) is 0 Å². The van der Waals surface area contributed by atoms with Crippen LogP contribution in [0.3, 0.4) is 0 Å². The molecule has 2 atom stereocenters. The molecule has 1 amide bonds. The number of amides is 1. The summed E-state index contributed by atoms with van der Waals surface area (Å²) in [6.45, 7) is 0.0793. The zero-order valence-corrected chi connectivity index (χ0v) is 9.97. The number of carbonyl (C=O) groups is 1. The van der Waals surface area contributed by atoms with Crippen LogP contribution in [0, 0.1) is 0 Å². The lowest BCUT2D eigenvalue weighted by Gasteiger charge is -2.14. The number of aliphatic hydroxyl groups excluding tert-OH is 1. The Balaban J connectivity index is 1.94. The molecule has 1 aromatic rings. The molecule has 0 radical (unpaired) electrons. The highest BCUT2D eigenvalue weighted by Crippen LogP contribution is 2.14. The van der Waals surface area contributed by atoms with Crippen LogP contribution in [0.25, 0.3) is 0 Å². The Kier molecular flexibility index (Phi) is 3.25. The number of carbonyl (C=O) groups excluding carboxylic acids is 1. The zero-order valence-electron chi connectivity index (χ0n) is 8.38. The van der Waals surface area contributed by atoms with Crippen molar-refractivity contribution in [3.63, 3.8) is 0 Å². The molecule has 16 heavy (non-hydrogen) atoms.